The van der Waals surface area contributed by atoms with Crippen molar-refractivity contribution in [2.75, 3.05) is 0 Å². The first-order valence-corrected chi connectivity index (χ1v) is 41.4. The molecular weight excluding hydrogens is 1710 g/mol. The fourth-order valence-corrected chi connectivity index (χ4v) is 21.2. The van der Waals surface area contributed by atoms with Gasteiger partial charge in [0, 0.05) is 124 Å². The van der Waals surface area contributed by atoms with Crippen LogP contribution in [-0.2, 0) is 38.5 Å². The summed E-state index contributed by atoms with van der Waals surface area (Å²) < 4.78 is 66.2. The molecule has 6 heterocycles. The monoisotopic (exact) mass is 1770 g/mol. The average Bonchev–Trinajstić information content (AvgIpc) is 0.699. The van der Waals surface area contributed by atoms with Crippen molar-refractivity contribution in [1.82, 2.24) is 59.8 Å². The Morgan fingerprint density at radius 2 is 0.583 bits per heavy atom. The molecule has 9 aliphatic rings. The number of benzene rings is 6. The minimum absolute atomic E-state index is 0.0263. The number of hydrogen-bond acceptors (Lipinski definition) is 12. The van der Waals surface area contributed by atoms with E-state index < -0.39 is 35.1 Å². The highest BCUT2D eigenvalue weighted by Gasteiger charge is 2.47. The maximum atomic E-state index is 15.6. The van der Waals surface area contributed by atoms with Gasteiger partial charge in [0.15, 0.2) is 0 Å². The van der Waals surface area contributed by atoms with Gasteiger partial charge < -0.3 is 0 Å². The van der Waals surface area contributed by atoms with Crippen LogP contribution in [0.4, 0.5) is 17.6 Å². The molecule has 21 rings (SSSR count). The summed E-state index contributed by atoms with van der Waals surface area (Å²) in [6.45, 7) is 12.3. The summed E-state index contributed by atoms with van der Waals surface area (Å²) in [7, 11) is 0. The van der Waals surface area contributed by atoms with Gasteiger partial charge in [-0.3, -0.25) is 0 Å². The molecule has 0 aliphatic heterocycles. The predicted molar refractivity (Wildman–Crippen MR) is 440 cm³/mol. The summed E-state index contributed by atoms with van der Waals surface area (Å²) in [5.41, 5.74) is 18.5. The van der Waals surface area contributed by atoms with E-state index in [0.717, 1.165) is 188 Å². The first-order chi connectivity index (χ1) is 52.2. The fourth-order valence-electron chi connectivity index (χ4n) is 17.9. The van der Waals surface area contributed by atoms with E-state index in [1.54, 1.807) is 0 Å². The van der Waals surface area contributed by atoms with Crippen LogP contribution >= 0.6 is 110 Å². The number of aryl methyl sites for hydroxylation is 6. The lowest BCUT2D eigenvalue weighted by molar-refractivity contribution is 0.622. The number of allylic oxidation sites excluding steroid dienone is 6. The highest BCUT2D eigenvalue weighted by molar-refractivity contribution is 9.15. The van der Waals surface area contributed by atoms with Crippen molar-refractivity contribution in [2.24, 2.45) is 0 Å². The van der Waals surface area contributed by atoms with Crippen molar-refractivity contribution in [3.05, 3.63) is 206 Å². The Morgan fingerprint density at radius 3 is 0.991 bits per heavy atom. The van der Waals surface area contributed by atoms with E-state index in [1.165, 1.54) is 46.5 Å². The van der Waals surface area contributed by atoms with Crippen LogP contribution in [0.15, 0.2) is 81.8 Å². The first kappa shape index (κ1) is 70.9. The second-order valence-corrected chi connectivity index (χ2v) is 33.8. The number of halogens is 12. The third kappa shape index (κ3) is 10.5. The molecule has 6 unspecified atom stereocenters. The van der Waals surface area contributed by atoms with E-state index in [9.17, 15) is 0 Å². The molecule has 12 nitrogen and oxygen atoms in total. The molecule has 24 heteroatoms. The molecule has 0 bridgehead atoms. The minimum atomic E-state index is -0.634. The summed E-state index contributed by atoms with van der Waals surface area (Å²) in [5, 5.41) is 7.05. The minimum Gasteiger partial charge on any atom is -0.232 e. The van der Waals surface area contributed by atoms with Crippen molar-refractivity contribution in [2.45, 2.75) is 154 Å². The van der Waals surface area contributed by atoms with Gasteiger partial charge in [-0.25, -0.2) is 77.4 Å². The Morgan fingerprint density at radius 1 is 0.306 bits per heavy atom. The third-order valence-electron chi connectivity index (χ3n) is 22.6. The van der Waals surface area contributed by atoms with Gasteiger partial charge in [-0.2, -0.15) is 0 Å². The fraction of sp³-hybridized carbons (Fsp3) is 0.286. The van der Waals surface area contributed by atoms with Crippen molar-refractivity contribution in [1.29, 1.82) is 0 Å². The SMILES string of the molecule is CCCCc1nc2c3c4c(cc(Br)c3n1)-c1cc(Br)c3nc(CC)nc5c3c1C(C=C5Br)C4C=C2Br.CCCCc1nc2c3c4c(cc(Cl)c3n1)-c1cc(Cl)c3nc(CC)nc5c3c1C(C=C5Cl)C4C=C2Cl.CCCCc1nc2c3c4c(cc(F)c3n1)-c1cc(F)c3nc(CC)nc5c3c1C(C=C5F)C4C=C2F. The zero-order valence-electron chi connectivity index (χ0n) is 58.8. The third-order valence-corrected chi connectivity index (χ3v) is 26.3. The molecular formula is C84H60Br4Cl4F4N12. The van der Waals surface area contributed by atoms with Crippen LogP contribution in [0.25, 0.3) is 129 Å². The smallest absolute Gasteiger partial charge is 0.150 e. The lowest BCUT2D eigenvalue weighted by atomic mass is 9.66. The van der Waals surface area contributed by atoms with Gasteiger partial charge in [0.2, 0.25) is 0 Å². The molecule has 0 saturated carbocycles. The van der Waals surface area contributed by atoms with E-state index in [1.807, 2.05) is 32.9 Å². The summed E-state index contributed by atoms with van der Waals surface area (Å²) in [4.78, 5) is 56.9. The van der Waals surface area contributed by atoms with Gasteiger partial charge in [-0.1, -0.05) is 132 Å². The summed E-state index contributed by atoms with van der Waals surface area (Å²) >= 11 is 43.1. The second kappa shape index (κ2) is 26.7. The molecule has 6 aromatic heterocycles. The Hall–Kier alpha value is -7.40. The number of nitrogens with zero attached hydrogens (tertiary/aromatic N) is 12. The van der Waals surface area contributed by atoms with Crippen LogP contribution in [0.1, 0.15) is 218 Å². The van der Waals surface area contributed by atoms with E-state index >= 15 is 17.6 Å². The maximum absolute atomic E-state index is 15.6. The number of fused-ring (bicyclic) bond motifs is 6. The van der Waals surface area contributed by atoms with E-state index in [2.05, 4.69) is 141 Å². The molecule has 0 saturated heterocycles. The van der Waals surface area contributed by atoms with E-state index in [0.29, 0.717) is 73.3 Å². The van der Waals surface area contributed by atoms with Gasteiger partial charge in [0.05, 0.1) is 65.0 Å². The van der Waals surface area contributed by atoms with E-state index in [4.69, 9.17) is 86.3 Å². The van der Waals surface area contributed by atoms with Crippen LogP contribution < -0.4 is 0 Å². The Bertz CT molecular complexity index is 5790. The van der Waals surface area contributed by atoms with Crippen LogP contribution in [-0.4, -0.2) is 59.8 Å². The number of unbranched alkanes of at least 4 members (excludes halogenated alkanes) is 3. The Kier molecular flexibility index (Phi) is 17.5. The molecule has 0 radical (unpaired) electrons. The highest BCUT2D eigenvalue weighted by atomic mass is 79.9. The van der Waals surface area contributed by atoms with Crippen LogP contribution in [0.3, 0.4) is 0 Å². The lowest BCUT2D eigenvalue weighted by Crippen LogP contribution is -2.23. The Labute approximate surface area is 671 Å². The summed E-state index contributed by atoms with van der Waals surface area (Å²) in [6.07, 6.45) is 21.7. The van der Waals surface area contributed by atoms with Gasteiger partial charge in [0.1, 0.15) is 80.7 Å². The van der Waals surface area contributed by atoms with Crippen molar-refractivity contribution in [3.8, 4) is 33.4 Å². The second-order valence-electron chi connectivity index (χ2n) is 28.8. The van der Waals surface area contributed by atoms with Crippen molar-refractivity contribution >= 4 is 206 Å². The molecule has 0 spiro atoms. The first-order valence-electron chi connectivity index (χ1n) is 36.7. The predicted octanol–water partition coefficient (Wildman–Crippen LogP) is 25.4. The molecule has 0 N–H and O–H groups in total. The van der Waals surface area contributed by atoms with Crippen LogP contribution in [0.2, 0.25) is 10.0 Å². The molecule has 9 aliphatic carbocycles. The lowest BCUT2D eigenvalue weighted by Gasteiger charge is -2.39. The van der Waals surface area contributed by atoms with E-state index in [-0.39, 0.29) is 56.9 Å². The topological polar surface area (TPSA) is 155 Å². The van der Waals surface area contributed by atoms with Gasteiger partial charge in [-0.05, 0) is 198 Å². The van der Waals surface area contributed by atoms with Crippen molar-refractivity contribution < 1.29 is 17.6 Å². The van der Waals surface area contributed by atoms with Crippen molar-refractivity contribution in [3.63, 3.8) is 0 Å². The number of rotatable bonds is 12. The highest BCUT2D eigenvalue weighted by Crippen LogP contribution is 2.64. The zero-order chi connectivity index (χ0) is 74.6. The normalized spacial score (nSPS) is 19.1. The standard InChI is InChI=1S/C28H20Br4N4.C28H20Cl4N4.C28H20F4N4/c3*1-3-5-6-20-35-27-17(31)9-13-11-7-15(29)25-23-21(11)12(8-16(30)26(23)34-19(4-2)33-25)14-10-18(32)28(36-20)24(27)22(13)14/h3*7-11,13H,3-6H2,1-2H3. The van der Waals surface area contributed by atoms with Gasteiger partial charge in [-0.15, -0.1) is 0 Å². The van der Waals surface area contributed by atoms with Gasteiger partial charge >= 0.3 is 0 Å². The number of hydrogen-bond donors (Lipinski definition) is 0. The quantitative estimate of drug-likeness (QED) is 0.107. The molecule has 0 amide bonds. The van der Waals surface area contributed by atoms with Crippen LogP contribution in [0.5, 0.6) is 0 Å². The largest absolute Gasteiger partial charge is 0.232 e. The maximum Gasteiger partial charge on any atom is 0.150 e. The number of aromatic nitrogens is 12. The molecule has 6 atom stereocenters. The summed E-state index contributed by atoms with van der Waals surface area (Å²) in [6, 6.07) is 11.2. The molecule has 108 heavy (non-hydrogen) atoms. The summed E-state index contributed by atoms with van der Waals surface area (Å²) in [5.74, 6) is 0.467. The molecule has 0 fully saturated rings. The molecule has 6 aromatic carbocycles. The molecule has 540 valence electrons. The van der Waals surface area contributed by atoms with Gasteiger partial charge in [0.25, 0.3) is 0 Å². The Balaban J connectivity index is 0.000000110. The van der Waals surface area contributed by atoms with Crippen LogP contribution in [0, 0.1) is 11.6 Å². The average molecular weight is 1770 g/mol. The zero-order valence-corrected chi connectivity index (χ0v) is 68.1. The molecule has 12 aromatic rings.